The fourth-order valence-corrected chi connectivity index (χ4v) is 5.70. The molecule has 32 heavy (non-hydrogen) atoms. The Morgan fingerprint density at radius 1 is 1.16 bits per heavy atom. The topological polar surface area (TPSA) is 94.0 Å². The first-order valence-corrected chi connectivity index (χ1v) is 12.6. The maximum absolute atomic E-state index is 13.3. The van der Waals surface area contributed by atoms with Crippen LogP contribution in [0, 0.1) is 0 Å². The number of hydrogen-bond acceptors (Lipinski definition) is 7. The fraction of sp³-hybridized carbons (Fsp3) is 0.524. The van der Waals surface area contributed by atoms with Gasteiger partial charge in [-0.3, -0.25) is 4.79 Å². The second kappa shape index (κ2) is 9.78. The molecule has 0 N–H and O–H groups in total. The minimum atomic E-state index is -3.22. The Kier molecular flexibility index (Phi) is 7.04. The van der Waals surface area contributed by atoms with E-state index in [-0.39, 0.29) is 17.6 Å². The van der Waals surface area contributed by atoms with Crippen LogP contribution < -0.4 is 15.2 Å². The summed E-state index contributed by atoms with van der Waals surface area (Å²) in [5.41, 5.74) is 0.673. The summed E-state index contributed by atoms with van der Waals surface area (Å²) in [6.07, 6.45) is 3.07. The Morgan fingerprint density at radius 2 is 1.91 bits per heavy atom. The van der Waals surface area contributed by atoms with Gasteiger partial charge in [0.25, 0.3) is 0 Å². The quantitative estimate of drug-likeness (QED) is 0.504. The van der Waals surface area contributed by atoms with Crippen LogP contribution in [0.15, 0.2) is 35.3 Å². The first-order chi connectivity index (χ1) is 15.4. The van der Waals surface area contributed by atoms with Gasteiger partial charge in [0.05, 0.1) is 23.7 Å². The minimum Gasteiger partial charge on any atom is -0.484 e. The second-order valence-electron chi connectivity index (χ2n) is 7.73. The van der Waals surface area contributed by atoms with E-state index in [1.807, 2.05) is 11.8 Å². The summed E-state index contributed by atoms with van der Waals surface area (Å²) >= 11 is 6.08. The molecule has 2 fully saturated rings. The van der Waals surface area contributed by atoms with Gasteiger partial charge < -0.3 is 14.4 Å². The Labute approximate surface area is 192 Å². The number of anilines is 1. The molecule has 0 unspecified atom stereocenters. The van der Waals surface area contributed by atoms with Gasteiger partial charge in [0, 0.05) is 37.8 Å². The van der Waals surface area contributed by atoms with Crippen LogP contribution in [0.2, 0.25) is 5.02 Å². The predicted octanol–water partition coefficient (Wildman–Crippen LogP) is 1.92. The molecule has 1 saturated heterocycles. The molecule has 0 spiro atoms. The predicted molar refractivity (Wildman–Crippen MR) is 123 cm³/mol. The van der Waals surface area contributed by atoms with Crippen molar-refractivity contribution in [3.63, 3.8) is 0 Å². The highest BCUT2D eigenvalue weighted by molar-refractivity contribution is 7.90. The summed E-state index contributed by atoms with van der Waals surface area (Å²) in [5.74, 6) is 0.165. The van der Waals surface area contributed by atoms with Crippen LogP contribution in [0.5, 0.6) is 5.75 Å². The van der Waals surface area contributed by atoms with E-state index in [1.165, 1.54) is 4.68 Å². The molecule has 0 bridgehead atoms. The third-order valence-electron chi connectivity index (χ3n) is 5.53. The van der Waals surface area contributed by atoms with Crippen LogP contribution in [0.25, 0.3) is 5.69 Å². The van der Waals surface area contributed by atoms with Crippen LogP contribution in [0.3, 0.4) is 0 Å². The van der Waals surface area contributed by atoms with E-state index in [0.29, 0.717) is 55.8 Å². The lowest BCUT2D eigenvalue weighted by Gasteiger charge is -2.35. The third kappa shape index (κ3) is 4.93. The number of sulfonamides is 1. The summed E-state index contributed by atoms with van der Waals surface area (Å²) in [6, 6.07) is 6.86. The van der Waals surface area contributed by atoms with E-state index in [0.717, 1.165) is 12.8 Å². The average Bonchev–Trinajstić information content (AvgIpc) is 3.64. The number of halogens is 1. The van der Waals surface area contributed by atoms with Crippen molar-refractivity contribution >= 4 is 27.3 Å². The highest BCUT2D eigenvalue weighted by Gasteiger charge is 2.41. The molecular formula is C21H27ClN4O5S. The van der Waals surface area contributed by atoms with Crippen molar-refractivity contribution in [2.24, 2.45) is 0 Å². The fourth-order valence-electron chi connectivity index (χ4n) is 3.69. The van der Waals surface area contributed by atoms with E-state index in [2.05, 4.69) is 5.10 Å². The summed E-state index contributed by atoms with van der Waals surface area (Å²) < 4.78 is 39.1. The Morgan fingerprint density at radius 3 is 2.56 bits per heavy atom. The molecule has 1 aliphatic carbocycles. The highest BCUT2D eigenvalue weighted by atomic mass is 35.5. The SMILES string of the molecule is CCOCCOc1c(N2CCN(S(=O)(=O)C3CC3)CC2)cnn(-c2cccc(Cl)c2)c1=O. The van der Waals surface area contributed by atoms with Crippen molar-refractivity contribution < 1.29 is 17.9 Å². The first-order valence-electron chi connectivity index (χ1n) is 10.7. The molecule has 2 aliphatic rings. The van der Waals surface area contributed by atoms with Crippen molar-refractivity contribution in [3.8, 4) is 11.4 Å². The maximum atomic E-state index is 13.3. The van der Waals surface area contributed by atoms with E-state index < -0.39 is 15.6 Å². The van der Waals surface area contributed by atoms with Gasteiger partial charge in [0.1, 0.15) is 12.3 Å². The van der Waals surface area contributed by atoms with E-state index in [9.17, 15) is 13.2 Å². The zero-order valence-electron chi connectivity index (χ0n) is 17.9. The summed E-state index contributed by atoms with van der Waals surface area (Å²) in [7, 11) is -3.22. The lowest BCUT2D eigenvalue weighted by Crippen LogP contribution is -2.50. The van der Waals surface area contributed by atoms with Gasteiger partial charge in [-0.1, -0.05) is 17.7 Å². The maximum Gasteiger partial charge on any atom is 0.316 e. The van der Waals surface area contributed by atoms with Crippen LogP contribution in [-0.4, -0.2) is 73.8 Å². The molecular weight excluding hydrogens is 456 g/mol. The van der Waals surface area contributed by atoms with Gasteiger partial charge in [-0.15, -0.1) is 0 Å². The highest BCUT2D eigenvalue weighted by Crippen LogP contribution is 2.32. The molecule has 1 saturated carbocycles. The van der Waals surface area contributed by atoms with Gasteiger partial charge in [-0.05, 0) is 38.0 Å². The lowest BCUT2D eigenvalue weighted by molar-refractivity contribution is 0.109. The molecule has 4 rings (SSSR count). The monoisotopic (exact) mass is 482 g/mol. The summed E-state index contributed by atoms with van der Waals surface area (Å²) in [4.78, 5) is 15.2. The van der Waals surface area contributed by atoms with Crippen molar-refractivity contribution in [1.82, 2.24) is 14.1 Å². The number of aromatic nitrogens is 2. The van der Waals surface area contributed by atoms with Crippen molar-refractivity contribution in [1.29, 1.82) is 0 Å². The molecule has 2 heterocycles. The molecule has 0 amide bonds. The third-order valence-corrected chi connectivity index (χ3v) is 8.16. The minimum absolute atomic E-state index is 0.165. The molecule has 1 aromatic heterocycles. The molecule has 174 valence electrons. The Bertz CT molecular complexity index is 1110. The normalized spacial score (nSPS) is 17.5. The molecule has 0 atom stereocenters. The second-order valence-corrected chi connectivity index (χ2v) is 10.4. The van der Waals surface area contributed by atoms with Gasteiger partial charge in [-0.2, -0.15) is 14.1 Å². The van der Waals surface area contributed by atoms with Crippen molar-refractivity contribution in [2.75, 3.05) is 50.9 Å². The van der Waals surface area contributed by atoms with E-state index in [1.54, 1.807) is 34.8 Å². The lowest BCUT2D eigenvalue weighted by atomic mass is 10.3. The average molecular weight is 483 g/mol. The summed E-state index contributed by atoms with van der Waals surface area (Å²) in [6.45, 7) is 4.65. The molecule has 1 aromatic carbocycles. The van der Waals surface area contributed by atoms with Gasteiger partial charge >= 0.3 is 5.56 Å². The standard InChI is InChI=1S/C21H27ClN4O5S/c1-2-30-12-13-31-20-19(15-23-26(21(20)27)17-5-3-4-16(22)14-17)24-8-10-25(11-9-24)32(28,29)18-6-7-18/h3-5,14-15,18H,2,6-13H2,1H3. The van der Waals surface area contributed by atoms with Gasteiger partial charge in [0.15, 0.2) is 0 Å². The number of piperazine rings is 1. The van der Waals surface area contributed by atoms with E-state index >= 15 is 0 Å². The van der Waals surface area contributed by atoms with Crippen LogP contribution in [0.1, 0.15) is 19.8 Å². The molecule has 0 radical (unpaired) electrons. The zero-order valence-corrected chi connectivity index (χ0v) is 19.5. The molecule has 2 aromatic rings. The Hall–Kier alpha value is -2.14. The van der Waals surface area contributed by atoms with E-state index in [4.69, 9.17) is 21.1 Å². The number of ether oxygens (including phenoxy) is 2. The first kappa shape index (κ1) is 23.0. The van der Waals surface area contributed by atoms with Gasteiger partial charge in [0.2, 0.25) is 15.8 Å². The van der Waals surface area contributed by atoms with Crippen molar-refractivity contribution in [2.45, 2.75) is 25.0 Å². The largest absolute Gasteiger partial charge is 0.484 e. The zero-order chi connectivity index (χ0) is 22.7. The van der Waals surface area contributed by atoms with Gasteiger partial charge in [-0.25, -0.2) is 8.42 Å². The number of rotatable bonds is 9. The number of hydrogen-bond donors (Lipinski definition) is 0. The van der Waals surface area contributed by atoms with Crippen molar-refractivity contribution in [3.05, 3.63) is 45.8 Å². The number of nitrogens with zero attached hydrogens (tertiary/aromatic N) is 4. The van der Waals surface area contributed by atoms with Crippen LogP contribution in [-0.2, 0) is 14.8 Å². The smallest absolute Gasteiger partial charge is 0.316 e. The number of benzene rings is 1. The molecule has 11 heteroatoms. The molecule has 1 aliphatic heterocycles. The Balaban J connectivity index is 1.59. The van der Waals surface area contributed by atoms with Crippen LogP contribution in [0.4, 0.5) is 5.69 Å². The summed E-state index contributed by atoms with van der Waals surface area (Å²) in [5, 5.41) is 4.60. The van der Waals surface area contributed by atoms with Crippen LogP contribution >= 0.6 is 11.6 Å². The molecule has 9 nitrogen and oxygen atoms in total.